The summed E-state index contributed by atoms with van der Waals surface area (Å²) in [4.78, 5) is 34.4. The molecule has 0 radical (unpaired) electrons. The molecule has 0 saturated carbocycles. The zero-order valence-electron chi connectivity index (χ0n) is 20.3. The summed E-state index contributed by atoms with van der Waals surface area (Å²) < 4.78 is 0. The monoisotopic (exact) mass is 474 g/mol. The lowest BCUT2D eigenvalue weighted by Crippen LogP contribution is -2.30. The molecule has 0 heterocycles. The molecule has 33 heavy (non-hydrogen) atoms. The second-order valence-corrected chi connectivity index (χ2v) is 9.30. The Labute approximate surface area is 198 Å². The van der Waals surface area contributed by atoms with Gasteiger partial charge in [0.25, 0.3) is 0 Å². The standard InChI is InChI=1S/C25H46O8/c1-2-3-4-5-7-10-13-19(16-20(24(30)31)17-21(27)18-26)22(25(32)33)14-11-8-6-9-12-15-23(28)29/h19-22,26-27H,2-18H2,1H3,(H,28,29)(H,30,31)(H,32,33). The molecule has 0 rings (SSSR count). The Morgan fingerprint density at radius 3 is 1.76 bits per heavy atom. The molecule has 8 nitrogen and oxygen atoms in total. The van der Waals surface area contributed by atoms with Crippen molar-refractivity contribution < 1.29 is 39.9 Å². The van der Waals surface area contributed by atoms with Crippen LogP contribution in [0.5, 0.6) is 0 Å². The molecule has 4 unspecified atom stereocenters. The molecule has 0 fully saturated rings. The van der Waals surface area contributed by atoms with E-state index in [-0.39, 0.29) is 25.2 Å². The van der Waals surface area contributed by atoms with Gasteiger partial charge in [-0.2, -0.15) is 0 Å². The van der Waals surface area contributed by atoms with E-state index in [0.717, 1.165) is 51.4 Å². The van der Waals surface area contributed by atoms with E-state index in [1.807, 2.05) is 0 Å². The molecule has 5 N–H and O–H groups in total. The van der Waals surface area contributed by atoms with E-state index < -0.39 is 42.5 Å². The fourth-order valence-corrected chi connectivity index (χ4v) is 4.47. The molecule has 8 heteroatoms. The van der Waals surface area contributed by atoms with Crippen LogP contribution in [-0.4, -0.2) is 56.2 Å². The Bertz CT molecular complexity index is 536. The van der Waals surface area contributed by atoms with Gasteiger partial charge < -0.3 is 25.5 Å². The van der Waals surface area contributed by atoms with Crippen molar-refractivity contribution in [3.8, 4) is 0 Å². The van der Waals surface area contributed by atoms with Crippen molar-refractivity contribution in [3.63, 3.8) is 0 Å². The molecule has 0 aromatic rings. The minimum atomic E-state index is -1.13. The molecule has 0 aliphatic carbocycles. The van der Waals surface area contributed by atoms with Crippen LogP contribution in [0.3, 0.4) is 0 Å². The van der Waals surface area contributed by atoms with E-state index in [1.165, 1.54) is 6.42 Å². The van der Waals surface area contributed by atoms with Gasteiger partial charge in [-0.3, -0.25) is 14.4 Å². The van der Waals surface area contributed by atoms with Crippen molar-refractivity contribution in [2.45, 2.75) is 116 Å². The molecule has 0 aliphatic heterocycles. The predicted octanol–water partition coefficient (Wildman–Crippen LogP) is 4.70. The summed E-state index contributed by atoms with van der Waals surface area (Å²) in [7, 11) is 0. The minimum absolute atomic E-state index is 0.0885. The van der Waals surface area contributed by atoms with E-state index in [4.69, 9.17) is 10.2 Å². The number of aliphatic hydroxyl groups is 2. The number of hydrogen-bond acceptors (Lipinski definition) is 5. The zero-order chi connectivity index (χ0) is 25.1. The predicted molar refractivity (Wildman–Crippen MR) is 126 cm³/mol. The maximum atomic E-state index is 12.1. The van der Waals surface area contributed by atoms with Crippen LogP contribution in [0.15, 0.2) is 0 Å². The molecule has 0 amide bonds. The number of aliphatic hydroxyl groups excluding tert-OH is 2. The maximum absolute atomic E-state index is 12.1. The normalized spacial score (nSPS) is 15.0. The van der Waals surface area contributed by atoms with E-state index >= 15 is 0 Å². The minimum Gasteiger partial charge on any atom is -0.481 e. The van der Waals surface area contributed by atoms with Crippen molar-refractivity contribution in [2.75, 3.05) is 6.61 Å². The topological polar surface area (TPSA) is 152 Å². The molecular formula is C25H46O8. The van der Waals surface area contributed by atoms with Gasteiger partial charge in [-0.15, -0.1) is 0 Å². The lowest BCUT2D eigenvalue weighted by molar-refractivity contribution is -0.148. The fraction of sp³-hybridized carbons (Fsp3) is 0.880. The number of unbranched alkanes of at least 4 members (excludes halogenated alkanes) is 9. The molecule has 0 aromatic heterocycles. The van der Waals surface area contributed by atoms with Gasteiger partial charge in [-0.1, -0.05) is 71.1 Å². The Kier molecular flexibility index (Phi) is 18.8. The van der Waals surface area contributed by atoms with E-state index in [1.54, 1.807) is 0 Å². The van der Waals surface area contributed by atoms with E-state index in [2.05, 4.69) is 6.92 Å². The lowest BCUT2D eigenvalue weighted by Gasteiger charge is -2.27. The Balaban J connectivity index is 4.96. The van der Waals surface area contributed by atoms with Gasteiger partial charge in [0.15, 0.2) is 0 Å². The van der Waals surface area contributed by atoms with Crippen molar-refractivity contribution in [2.24, 2.45) is 17.8 Å². The third-order valence-corrected chi connectivity index (χ3v) is 6.42. The highest BCUT2D eigenvalue weighted by Gasteiger charge is 2.32. The smallest absolute Gasteiger partial charge is 0.306 e. The van der Waals surface area contributed by atoms with Gasteiger partial charge in [0.05, 0.1) is 24.5 Å². The summed E-state index contributed by atoms with van der Waals surface area (Å²) in [6.45, 7) is 1.63. The summed E-state index contributed by atoms with van der Waals surface area (Å²) in [5, 5.41) is 47.0. The third kappa shape index (κ3) is 16.6. The van der Waals surface area contributed by atoms with Crippen molar-refractivity contribution >= 4 is 17.9 Å². The first-order chi connectivity index (χ1) is 15.7. The van der Waals surface area contributed by atoms with Crippen LogP contribution in [0.2, 0.25) is 0 Å². The summed E-state index contributed by atoms with van der Waals surface area (Å²) in [5.74, 6) is -4.63. The average molecular weight is 475 g/mol. The zero-order valence-corrected chi connectivity index (χ0v) is 20.3. The van der Waals surface area contributed by atoms with Crippen LogP contribution >= 0.6 is 0 Å². The summed E-state index contributed by atoms with van der Waals surface area (Å²) in [6, 6.07) is 0. The largest absolute Gasteiger partial charge is 0.481 e. The third-order valence-electron chi connectivity index (χ3n) is 6.42. The highest BCUT2D eigenvalue weighted by Crippen LogP contribution is 2.32. The van der Waals surface area contributed by atoms with Gasteiger partial charge in [0.1, 0.15) is 0 Å². The van der Waals surface area contributed by atoms with E-state index in [9.17, 15) is 29.7 Å². The Morgan fingerprint density at radius 1 is 0.697 bits per heavy atom. The summed E-state index contributed by atoms with van der Waals surface area (Å²) >= 11 is 0. The van der Waals surface area contributed by atoms with Gasteiger partial charge in [0, 0.05) is 6.42 Å². The molecule has 0 aromatic carbocycles. The second kappa shape index (κ2) is 19.8. The molecule has 0 saturated heterocycles. The molecule has 0 bridgehead atoms. The maximum Gasteiger partial charge on any atom is 0.306 e. The fourth-order valence-electron chi connectivity index (χ4n) is 4.47. The summed E-state index contributed by atoms with van der Waals surface area (Å²) in [6.07, 6.45) is 10.4. The van der Waals surface area contributed by atoms with Crippen LogP contribution in [0.25, 0.3) is 0 Å². The van der Waals surface area contributed by atoms with Crippen molar-refractivity contribution in [1.82, 2.24) is 0 Å². The van der Waals surface area contributed by atoms with Gasteiger partial charge >= 0.3 is 17.9 Å². The number of aliphatic carboxylic acids is 3. The first-order valence-electron chi connectivity index (χ1n) is 12.7. The number of hydrogen-bond donors (Lipinski definition) is 5. The lowest BCUT2D eigenvalue weighted by atomic mass is 9.77. The molecule has 194 valence electrons. The first-order valence-corrected chi connectivity index (χ1v) is 12.7. The van der Waals surface area contributed by atoms with E-state index in [0.29, 0.717) is 25.7 Å². The Morgan fingerprint density at radius 2 is 1.24 bits per heavy atom. The highest BCUT2D eigenvalue weighted by atomic mass is 16.4. The van der Waals surface area contributed by atoms with Crippen LogP contribution in [0.1, 0.15) is 110 Å². The quantitative estimate of drug-likeness (QED) is 0.134. The Hall–Kier alpha value is -1.67. The second-order valence-electron chi connectivity index (χ2n) is 9.30. The van der Waals surface area contributed by atoms with Crippen molar-refractivity contribution in [1.29, 1.82) is 0 Å². The number of rotatable bonds is 23. The highest BCUT2D eigenvalue weighted by molar-refractivity contribution is 5.72. The van der Waals surface area contributed by atoms with Crippen molar-refractivity contribution in [3.05, 3.63) is 0 Å². The first kappa shape index (κ1) is 31.3. The number of carboxylic acid groups (broad SMARTS) is 3. The molecule has 0 aliphatic rings. The van der Waals surface area contributed by atoms with Crippen LogP contribution in [0, 0.1) is 17.8 Å². The van der Waals surface area contributed by atoms with Gasteiger partial charge in [0.2, 0.25) is 0 Å². The average Bonchev–Trinajstić information content (AvgIpc) is 2.75. The number of carboxylic acids is 3. The SMILES string of the molecule is CCCCCCCCC(CC(CC(O)CO)C(=O)O)C(CCCCCCCC(=O)O)C(=O)O. The number of carbonyl (C=O) groups is 3. The molecule has 0 spiro atoms. The molecular weight excluding hydrogens is 428 g/mol. The van der Waals surface area contributed by atoms with Gasteiger partial charge in [-0.05, 0) is 38.0 Å². The van der Waals surface area contributed by atoms with Gasteiger partial charge in [-0.25, -0.2) is 0 Å². The van der Waals surface area contributed by atoms with Crippen LogP contribution in [-0.2, 0) is 14.4 Å². The van der Waals surface area contributed by atoms with Crippen LogP contribution < -0.4 is 0 Å². The summed E-state index contributed by atoms with van der Waals surface area (Å²) in [5.41, 5.74) is 0. The van der Waals surface area contributed by atoms with Crippen LogP contribution in [0.4, 0.5) is 0 Å². The molecule has 4 atom stereocenters.